The smallest absolute Gasteiger partial charge is 0.204 e. The number of rotatable bonds is 18. The van der Waals surface area contributed by atoms with Crippen molar-refractivity contribution in [2.75, 3.05) is 0 Å². The Morgan fingerprint density at radius 1 is 0.359 bits per heavy atom. The van der Waals surface area contributed by atoms with E-state index in [1.54, 1.807) is 0 Å². The molecule has 39 heavy (non-hydrogen) atoms. The van der Waals surface area contributed by atoms with Gasteiger partial charge in [0.05, 0.1) is 0 Å². The second-order valence-corrected chi connectivity index (χ2v) is 9.97. The van der Waals surface area contributed by atoms with Crippen LogP contribution in [0.15, 0.2) is 0 Å². The lowest BCUT2D eigenvalue weighted by Gasteiger charge is -2.18. The van der Waals surface area contributed by atoms with Gasteiger partial charge in [-0.1, -0.05) is 90.9 Å². The molecule has 9 heteroatoms. The van der Waals surface area contributed by atoms with Crippen molar-refractivity contribution in [3.05, 3.63) is 57.7 Å². The maximum atomic E-state index is 14.8. The Kier molecular flexibility index (Phi) is 14.1. The molecule has 0 radical (unpaired) electrons. The van der Waals surface area contributed by atoms with E-state index in [1.807, 2.05) is 0 Å². The number of hydrogen-bond acceptors (Lipinski definition) is 1. The summed E-state index contributed by atoms with van der Waals surface area (Å²) in [5.74, 6) is -18.3. The molecule has 0 bridgehead atoms. The van der Waals surface area contributed by atoms with Gasteiger partial charge in [0.25, 0.3) is 0 Å². The highest BCUT2D eigenvalue weighted by Crippen LogP contribution is 2.40. The minimum absolute atomic E-state index is 0.253. The molecule has 0 aromatic heterocycles. The molecular formula is C30H38F8O. The molecule has 1 nitrogen and oxygen atoms in total. The molecule has 0 aliphatic rings. The number of ether oxygens (including phenoxy) is 1. The Morgan fingerprint density at radius 2 is 0.641 bits per heavy atom. The first kappa shape index (κ1) is 32.9. The van der Waals surface area contributed by atoms with Crippen LogP contribution in [0.25, 0.3) is 0 Å². The van der Waals surface area contributed by atoms with Crippen LogP contribution in [0.3, 0.4) is 0 Å². The lowest BCUT2D eigenvalue weighted by atomic mass is 10.0. The molecule has 0 atom stereocenters. The van der Waals surface area contributed by atoms with Crippen molar-refractivity contribution in [1.82, 2.24) is 0 Å². The molecule has 0 spiro atoms. The Balaban J connectivity index is 2.34. The normalized spacial score (nSPS) is 11.4. The number of benzene rings is 2. The van der Waals surface area contributed by atoms with Gasteiger partial charge in [0.1, 0.15) is 0 Å². The first-order chi connectivity index (χ1) is 18.7. The zero-order valence-electron chi connectivity index (χ0n) is 22.7. The average molecular weight is 567 g/mol. The summed E-state index contributed by atoms with van der Waals surface area (Å²) in [7, 11) is 0. The first-order valence-electron chi connectivity index (χ1n) is 14.0. The summed E-state index contributed by atoms with van der Waals surface area (Å²) in [5.41, 5.74) is -1.43. The molecule has 0 heterocycles. The maximum absolute atomic E-state index is 14.8. The van der Waals surface area contributed by atoms with Gasteiger partial charge in [-0.15, -0.1) is 0 Å². The molecule has 0 saturated heterocycles. The largest absolute Gasteiger partial charge is 0.450 e. The highest BCUT2D eigenvalue weighted by Gasteiger charge is 2.31. The Bertz CT molecular complexity index is 987. The maximum Gasteiger partial charge on any atom is 0.204 e. The number of halogens is 8. The van der Waals surface area contributed by atoms with Crippen molar-refractivity contribution >= 4 is 0 Å². The van der Waals surface area contributed by atoms with E-state index in [0.29, 0.717) is 12.8 Å². The highest BCUT2D eigenvalue weighted by molar-refractivity contribution is 5.45. The Morgan fingerprint density at radius 3 is 0.974 bits per heavy atom. The van der Waals surface area contributed by atoms with E-state index in [4.69, 9.17) is 4.74 Å². The van der Waals surface area contributed by atoms with Gasteiger partial charge in [-0.05, 0) is 25.7 Å². The molecule has 2 aromatic carbocycles. The van der Waals surface area contributed by atoms with E-state index < -0.39 is 69.2 Å². The second-order valence-electron chi connectivity index (χ2n) is 9.97. The lowest BCUT2D eigenvalue weighted by Crippen LogP contribution is -2.11. The summed E-state index contributed by atoms with van der Waals surface area (Å²) in [6.07, 6.45) is 10.6. The van der Waals surface area contributed by atoms with Crippen molar-refractivity contribution in [1.29, 1.82) is 0 Å². The van der Waals surface area contributed by atoms with Crippen LogP contribution in [0.5, 0.6) is 11.5 Å². The predicted octanol–water partition coefficient (Wildman–Crippen LogP) is 11.2. The van der Waals surface area contributed by atoms with Crippen LogP contribution in [-0.2, 0) is 12.8 Å². The lowest BCUT2D eigenvalue weighted by molar-refractivity contribution is 0.333. The molecule has 220 valence electrons. The SMILES string of the molecule is CCCCCCCCCc1c(F)c(F)c(F)c(F)c1Oc1c(F)c(F)c(F)c(F)c1CCCCCCCCC. The van der Waals surface area contributed by atoms with E-state index >= 15 is 0 Å². The third kappa shape index (κ3) is 8.84. The standard InChI is InChI=1S/C30H38F8O/c1-3-5-7-9-11-13-15-17-19-21(31)23(33)25(35)27(37)29(19)39-30-20(18-16-14-12-10-8-6-4-2)22(32)24(34)26(36)28(30)38/h3-18H2,1-2H3. The zero-order valence-corrected chi connectivity index (χ0v) is 22.7. The van der Waals surface area contributed by atoms with Crippen molar-refractivity contribution in [3.63, 3.8) is 0 Å². The molecule has 0 fully saturated rings. The van der Waals surface area contributed by atoms with Gasteiger partial charge in [0, 0.05) is 11.1 Å². The van der Waals surface area contributed by atoms with Crippen LogP contribution in [0.2, 0.25) is 0 Å². The van der Waals surface area contributed by atoms with Crippen LogP contribution < -0.4 is 4.74 Å². The molecule has 0 aliphatic heterocycles. The Labute approximate surface area is 225 Å². The fourth-order valence-corrected chi connectivity index (χ4v) is 4.59. The topological polar surface area (TPSA) is 9.23 Å². The van der Waals surface area contributed by atoms with Gasteiger partial charge in [-0.3, -0.25) is 0 Å². The summed E-state index contributed by atoms with van der Waals surface area (Å²) in [5, 5.41) is 0. The highest BCUT2D eigenvalue weighted by atomic mass is 19.2. The summed E-state index contributed by atoms with van der Waals surface area (Å²) < 4.78 is 121. The molecular weight excluding hydrogens is 528 g/mol. The molecule has 2 rings (SSSR count). The minimum atomic E-state index is -2.21. The van der Waals surface area contributed by atoms with Gasteiger partial charge < -0.3 is 4.74 Å². The fraction of sp³-hybridized carbons (Fsp3) is 0.600. The molecule has 0 saturated carbocycles. The van der Waals surface area contributed by atoms with Crippen LogP contribution in [-0.4, -0.2) is 0 Å². The quantitative estimate of drug-likeness (QED) is 0.0755. The summed E-state index contributed by atoms with van der Waals surface area (Å²) in [6, 6.07) is 0. The number of unbranched alkanes of at least 4 members (excludes halogenated alkanes) is 12. The van der Waals surface area contributed by atoms with Crippen LogP contribution in [0, 0.1) is 46.5 Å². The van der Waals surface area contributed by atoms with Crippen LogP contribution >= 0.6 is 0 Å². The van der Waals surface area contributed by atoms with Crippen molar-refractivity contribution < 1.29 is 39.9 Å². The molecule has 0 N–H and O–H groups in total. The van der Waals surface area contributed by atoms with E-state index in [9.17, 15) is 35.1 Å². The van der Waals surface area contributed by atoms with Crippen molar-refractivity contribution in [3.8, 4) is 11.5 Å². The summed E-state index contributed by atoms with van der Waals surface area (Å²) >= 11 is 0. The van der Waals surface area contributed by atoms with Gasteiger partial charge in [-0.2, -0.15) is 8.78 Å². The summed E-state index contributed by atoms with van der Waals surface area (Å²) in [4.78, 5) is 0. The van der Waals surface area contributed by atoms with E-state index in [2.05, 4.69) is 13.8 Å². The fourth-order valence-electron chi connectivity index (χ4n) is 4.59. The third-order valence-corrected chi connectivity index (χ3v) is 6.90. The third-order valence-electron chi connectivity index (χ3n) is 6.90. The average Bonchev–Trinajstić information content (AvgIpc) is 2.93. The van der Waals surface area contributed by atoms with Crippen molar-refractivity contribution in [2.24, 2.45) is 0 Å². The predicted molar refractivity (Wildman–Crippen MR) is 136 cm³/mol. The van der Waals surface area contributed by atoms with Gasteiger partial charge in [0.2, 0.25) is 23.3 Å². The molecule has 0 aliphatic carbocycles. The monoisotopic (exact) mass is 566 g/mol. The van der Waals surface area contributed by atoms with Crippen LogP contribution in [0.1, 0.15) is 115 Å². The first-order valence-corrected chi connectivity index (χ1v) is 14.0. The van der Waals surface area contributed by atoms with Gasteiger partial charge in [-0.25, -0.2) is 26.3 Å². The number of hydrogen-bond donors (Lipinski definition) is 0. The molecule has 0 amide bonds. The van der Waals surface area contributed by atoms with Gasteiger partial charge in [0.15, 0.2) is 34.8 Å². The molecule has 2 aromatic rings. The zero-order chi connectivity index (χ0) is 28.9. The van der Waals surface area contributed by atoms with E-state index in [-0.39, 0.29) is 25.7 Å². The molecule has 0 unspecified atom stereocenters. The van der Waals surface area contributed by atoms with Gasteiger partial charge >= 0.3 is 0 Å². The Hall–Kier alpha value is -2.32. The second kappa shape index (κ2) is 16.7. The summed E-state index contributed by atoms with van der Waals surface area (Å²) in [6.45, 7) is 4.12. The van der Waals surface area contributed by atoms with E-state index in [1.165, 1.54) is 0 Å². The minimum Gasteiger partial charge on any atom is -0.450 e. The van der Waals surface area contributed by atoms with Crippen molar-refractivity contribution in [2.45, 2.75) is 117 Å². The van der Waals surface area contributed by atoms with E-state index in [0.717, 1.165) is 64.2 Å². The van der Waals surface area contributed by atoms with Crippen LogP contribution in [0.4, 0.5) is 35.1 Å².